The van der Waals surface area contributed by atoms with Crippen LogP contribution in [0.25, 0.3) is 31.8 Å². The average molecular weight is 315 g/mol. The molecule has 0 saturated carbocycles. The first kappa shape index (κ1) is 14.2. The Kier molecular flexibility index (Phi) is 3.47. The molecule has 2 aromatic heterocycles. The zero-order valence-corrected chi connectivity index (χ0v) is 14.0. The van der Waals surface area contributed by atoms with E-state index >= 15 is 0 Å². The van der Waals surface area contributed by atoms with Crippen molar-refractivity contribution < 1.29 is 0 Å². The second-order valence-corrected chi connectivity index (χ2v) is 7.04. The number of rotatable bonds is 2. The van der Waals surface area contributed by atoms with Gasteiger partial charge >= 0.3 is 0 Å². The number of hydrogen-bond donors (Lipinski definition) is 0. The predicted octanol–water partition coefficient (Wildman–Crippen LogP) is 6.25. The molecule has 0 aliphatic carbocycles. The Morgan fingerprint density at radius 2 is 1.52 bits per heavy atom. The maximum absolute atomic E-state index is 4.68. The molecule has 112 valence electrons. The van der Waals surface area contributed by atoms with Crippen LogP contribution in [0.15, 0.2) is 66.9 Å². The summed E-state index contributed by atoms with van der Waals surface area (Å²) in [5.74, 6) is 0. The summed E-state index contributed by atoms with van der Waals surface area (Å²) in [6.07, 6.45) is 2.00. The first-order valence-corrected chi connectivity index (χ1v) is 8.54. The van der Waals surface area contributed by atoms with Gasteiger partial charge in [-0.2, -0.15) is 0 Å². The van der Waals surface area contributed by atoms with Gasteiger partial charge in [0.2, 0.25) is 0 Å². The normalized spacial score (nSPS) is 11.0. The molecule has 0 atom stereocenters. The van der Waals surface area contributed by atoms with E-state index in [0.29, 0.717) is 0 Å². The minimum Gasteiger partial charge on any atom is -0.255 e. The number of aryl methyl sites for hydroxylation is 2. The molecule has 0 fully saturated rings. The molecule has 2 heterocycles. The SMILES string of the molecule is Cc1cc(C)cc(-c2cc3cc(-c4ccccc4)sc3cn2)c1. The third-order valence-corrected chi connectivity index (χ3v) is 5.11. The van der Waals surface area contributed by atoms with Crippen LogP contribution in [0.5, 0.6) is 0 Å². The molecule has 0 amide bonds. The molecule has 0 spiro atoms. The van der Waals surface area contributed by atoms with E-state index in [9.17, 15) is 0 Å². The summed E-state index contributed by atoms with van der Waals surface area (Å²) in [5.41, 5.74) is 6.05. The summed E-state index contributed by atoms with van der Waals surface area (Å²) in [6, 6.07) is 21.6. The van der Waals surface area contributed by atoms with E-state index in [0.717, 1.165) is 5.69 Å². The molecule has 23 heavy (non-hydrogen) atoms. The highest BCUT2D eigenvalue weighted by atomic mass is 32.1. The van der Waals surface area contributed by atoms with Crippen LogP contribution < -0.4 is 0 Å². The Morgan fingerprint density at radius 1 is 0.783 bits per heavy atom. The van der Waals surface area contributed by atoms with E-state index in [1.54, 1.807) is 11.3 Å². The zero-order valence-electron chi connectivity index (χ0n) is 13.2. The zero-order chi connectivity index (χ0) is 15.8. The highest BCUT2D eigenvalue weighted by molar-refractivity contribution is 7.22. The molecular formula is C21H17NS. The van der Waals surface area contributed by atoms with Gasteiger partial charge in [-0.25, -0.2) is 0 Å². The summed E-state index contributed by atoms with van der Waals surface area (Å²) in [7, 11) is 0. The van der Waals surface area contributed by atoms with Crippen LogP contribution in [-0.2, 0) is 0 Å². The first-order valence-electron chi connectivity index (χ1n) is 7.73. The van der Waals surface area contributed by atoms with Crippen LogP contribution in [-0.4, -0.2) is 4.98 Å². The van der Waals surface area contributed by atoms with E-state index in [-0.39, 0.29) is 0 Å². The lowest BCUT2D eigenvalue weighted by molar-refractivity contribution is 1.33. The van der Waals surface area contributed by atoms with Crippen LogP contribution in [0.4, 0.5) is 0 Å². The fourth-order valence-corrected chi connectivity index (χ4v) is 3.99. The van der Waals surface area contributed by atoms with Crippen molar-refractivity contribution in [2.45, 2.75) is 13.8 Å². The van der Waals surface area contributed by atoms with Gasteiger partial charge in [-0.05, 0) is 49.1 Å². The highest BCUT2D eigenvalue weighted by Crippen LogP contribution is 2.34. The number of nitrogens with zero attached hydrogens (tertiary/aromatic N) is 1. The van der Waals surface area contributed by atoms with Gasteiger partial charge in [0.15, 0.2) is 0 Å². The van der Waals surface area contributed by atoms with Gasteiger partial charge in [0.25, 0.3) is 0 Å². The lowest BCUT2D eigenvalue weighted by Crippen LogP contribution is -1.85. The van der Waals surface area contributed by atoms with Gasteiger partial charge in [-0.3, -0.25) is 4.98 Å². The maximum Gasteiger partial charge on any atom is 0.0709 e. The van der Waals surface area contributed by atoms with Crippen molar-refractivity contribution in [3.8, 4) is 21.7 Å². The molecule has 0 aliphatic rings. The lowest BCUT2D eigenvalue weighted by Gasteiger charge is -2.04. The molecule has 0 aliphatic heterocycles. The van der Waals surface area contributed by atoms with Crippen molar-refractivity contribution in [1.82, 2.24) is 4.98 Å². The van der Waals surface area contributed by atoms with Crippen LogP contribution in [0.2, 0.25) is 0 Å². The average Bonchev–Trinajstić information content (AvgIpc) is 2.98. The van der Waals surface area contributed by atoms with Crippen molar-refractivity contribution in [2.75, 3.05) is 0 Å². The topological polar surface area (TPSA) is 12.9 Å². The molecule has 2 heteroatoms. The van der Waals surface area contributed by atoms with Crippen LogP contribution in [0.1, 0.15) is 11.1 Å². The van der Waals surface area contributed by atoms with Gasteiger partial charge in [-0.15, -0.1) is 11.3 Å². The van der Waals surface area contributed by atoms with Gasteiger partial charge in [0.1, 0.15) is 0 Å². The molecule has 4 aromatic rings. The van der Waals surface area contributed by atoms with E-state index in [2.05, 4.69) is 79.5 Å². The second-order valence-electron chi connectivity index (χ2n) is 5.96. The summed E-state index contributed by atoms with van der Waals surface area (Å²) in [6.45, 7) is 4.26. The highest BCUT2D eigenvalue weighted by Gasteiger charge is 2.07. The van der Waals surface area contributed by atoms with Crippen molar-refractivity contribution in [3.05, 3.63) is 78.0 Å². The minimum absolute atomic E-state index is 1.04. The van der Waals surface area contributed by atoms with Gasteiger partial charge < -0.3 is 0 Å². The quantitative estimate of drug-likeness (QED) is 0.426. The predicted molar refractivity (Wildman–Crippen MR) is 100.0 cm³/mol. The van der Waals surface area contributed by atoms with Crippen molar-refractivity contribution in [3.63, 3.8) is 0 Å². The molecule has 0 radical (unpaired) electrons. The van der Waals surface area contributed by atoms with E-state index in [1.807, 2.05) is 6.20 Å². The van der Waals surface area contributed by atoms with E-state index < -0.39 is 0 Å². The lowest BCUT2D eigenvalue weighted by atomic mass is 10.0. The Morgan fingerprint density at radius 3 is 2.26 bits per heavy atom. The smallest absolute Gasteiger partial charge is 0.0709 e. The fraction of sp³-hybridized carbons (Fsp3) is 0.0952. The third-order valence-electron chi connectivity index (χ3n) is 3.98. The van der Waals surface area contributed by atoms with Crippen molar-refractivity contribution in [2.24, 2.45) is 0 Å². The Balaban J connectivity index is 1.82. The number of thiophene rings is 1. The molecule has 2 aromatic carbocycles. The van der Waals surface area contributed by atoms with Crippen molar-refractivity contribution >= 4 is 21.4 Å². The summed E-state index contributed by atoms with van der Waals surface area (Å²) >= 11 is 1.80. The molecule has 0 saturated heterocycles. The Bertz CT molecular complexity index is 963. The summed E-state index contributed by atoms with van der Waals surface area (Å²) in [4.78, 5) is 5.97. The first-order chi connectivity index (χ1) is 11.2. The van der Waals surface area contributed by atoms with Crippen LogP contribution in [0.3, 0.4) is 0 Å². The minimum atomic E-state index is 1.04. The fourth-order valence-electron chi connectivity index (χ4n) is 2.97. The largest absolute Gasteiger partial charge is 0.255 e. The number of pyridine rings is 1. The number of hydrogen-bond acceptors (Lipinski definition) is 2. The standard InChI is InChI=1S/C21H17NS/c1-14-8-15(2)10-17(9-14)19-11-18-12-20(23-21(18)13-22-19)16-6-4-3-5-7-16/h3-13H,1-2H3. The molecule has 0 unspecified atom stereocenters. The number of aromatic nitrogens is 1. The monoisotopic (exact) mass is 315 g/mol. The maximum atomic E-state index is 4.68. The van der Waals surface area contributed by atoms with Gasteiger partial charge in [-0.1, -0.05) is 47.5 Å². The van der Waals surface area contributed by atoms with Crippen molar-refractivity contribution in [1.29, 1.82) is 0 Å². The molecular weight excluding hydrogens is 298 g/mol. The van der Waals surface area contributed by atoms with Crippen LogP contribution in [0, 0.1) is 13.8 Å². The van der Waals surface area contributed by atoms with Gasteiger partial charge in [0, 0.05) is 16.6 Å². The van der Waals surface area contributed by atoms with Crippen LogP contribution >= 0.6 is 11.3 Å². The number of fused-ring (bicyclic) bond motifs is 1. The Hall–Kier alpha value is -2.45. The Labute approximate surface area is 140 Å². The number of benzene rings is 2. The third kappa shape index (κ3) is 2.78. The molecule has 4 rings (SSSR count). The molecule has 1 nitrogen and oxygen atoms in total. The molecule has 0 bridgehead atoms. The summed E-state index contributed by atoms with van der Waals surface area (Å²) < 4.78 is 1.23. The molecule has 0 N–H and O–H groups in total. The van der Waals surface area contributed by atoms with E-state index in [4.69, 9.17) is 0 Å². The summed E-state index contributed by atoms with van der Waals surface area (Å²) in [5, 5.41) is 1.26. The van der Waals surface area contributed by atoms with Gasteiger partial charge in [0.05, 0.1) is 10.4 Å². The van der Waals surface area contributed by atoms with E-state index in [1.165, 1.54) is 37.2 Å². The second kappa shape index (κ2) is 5.64.